The SMILES string of the molecule is COc1cc(Oc2c(C)cc(C(=O)N[C@@H](C)C(=O)N[C@@H](CCC(=O)O)C(=O)O)cc2C)ccc1N(CCCl)CCCl. The number of carbonyl (C=O) groups is 4. The summed E-state index contributed by atoms with van der Waals surface area (Å²) in [6.07, 6.45) is -0.715. The van der Waals surface area contributed by atoms with Gasteiger partial charge in [-0.1, -0.05) is 0 Å². The summed E-state index contributed by atoms with van der Waals surface area (Å²) in [6.45, 7) is 6.15. The van der Waals surface area contributed by atoms with Crippen molar-refractivity contribution in [3.05, 3.63) is 47.0 Å². The largest absolute Gasteiger partial charge is 0.494 e. The monoisotopic (exact) mass is 611 g/mol. The molecule has 0 saturated carbocycles. The van der Waals surface area contributed by atoms with E-state index in [2.05, 4.69) is 10.6 Å². The number of hydrogen-bond donors (Lipinski definition) is 4. The fourth-order valence-electron chi connectivity index (χ4n) is 4.07. The number of nitrogens with one attached hydrogen (secondary N) is 2. The Morgan fingerprint density at radius 1 is 0.976 bits per heavy atom. The van der Waals surface area contributed by atoms with Gasteiger partial charge in [-0.05, 0) is 62.6 Å². The molecule has 2 amide bonds. The lowest BCUT2D eigenvalue weighted by molar-refractivity contribution is -0.143. The second-order valence-electron chi connectivity index (χ2n) is 9.27. The van der Waals surface area contributed by atoms with Gasteiger partial charge in [-0.15, -0.1) is 23.2 Å². The van der Waals surface area contributed by atoms with Crippen LogP contribution < -0.4 is 25.0 Å². The van der Waals surface area contributed by atoms with Crippen LogP contribution in [0, 0.1) is 13.8 Å². The minimum Gasteiger partial charge on any atom is -0.494 e. The first-order valence-corrected chi connectivity index (χ1v) is 13.9. The number of aliphatic carboxylic acids is 2. The molecule has 11 nitrogen and oxygen atoms in total. The Morgan fingerprint density at radius 3 is 2.10 bits per heavy atom. The van der Waals surface area contributed by atoms with Gasteiger partial charge in [0.15, 0.2) is 0 Å². The van der Waals surface area contributed by atoms with Gasteiger partial charge >= 0.3 is 11.9 Å². The van der Waals surface area contributed by atoms with Gasteiger partial charge in [-0.25, -0.2) is 4.79 Å². The summed E-state index contributed by atoms with van der Waals surface area (Å²) >= 11 is 11.9. The molecule has 0 aromatic heterocycles. The fraction of sp³-hybridized carbons (Fsp3) is 0.429. The molecule has 0 spiro atoms. The number of carbonyl (C=O) groups excluding carboxylic acids is 2. The van der Waals surface area contributed by atoms with Crippen molar-refractivity contribution >= 4 is 52.6 Å². The summed E-state index contributed by atoms with van der Waals surface area (Å²) in [7, 11) is 1.56. The van der Waals surface area contributed by atoms with E-state index in [1.807, 2.05) is 11.0 Å². The Kier molecular flexibility index (Phi) is 13.0. The van der Waals surface area contributed by atoms with Crippen molar-refractivity contribution in [2.24, 2.45) is 0 Å². The van der Waals surface area contributed by atoms with E-state index in [1.54, 1.807) is 45.2 Å². The predicted octanol–water partition coefficient (Wildman–Crippen LogP) is 3.94. The zero-order chi connectivity index (χ0) is 30.7. The number of anilines is 1. The number of halogens is 2. The van der Waals surface area contributed by atoms with E-state index in [9.17, 15) is 24.3 Å². The van der Waals surface area contributed by atoms with Crippen molar-refractivity contribution in [3.63, 3.8) is 0 Å². The van der Waals surface area contributed by atoms with E-state index in [1.165, 1.54) is 6.92 Å². The Balaban J connectivity index is 2.16. The minimum absolute atomic E-state index is 0.276. The Hall–Kier alpha value is -3.70. The zero-order valence-electron chi connectivity index (χ0n) is 23.3. The number of amides is 2. The van der Waals surface area contributed by atoms with E-state index in [4.69, 9.17) is 37.8 Å². The van der Waals surface area contributed by atoms with Gasteiger partial charge in [-0.3, -0.25) is 14.4 Å². The van der Waals surface area contributed by atoms with Gasteiger partial charge in [0, 0.05) is 42.9 Å². The Morgan fingerprint density at radius 2 is 1.59 bits per heavy atom. The third-order valence-electron chi connectivity index (χ3n) is 6.15. The number of carboxylic acids is 2. The molecule has 13 heteroatoms. The second kappa shape index (κ2) is 15.9. The molecular formula is C28H35Cl2N3O8. The van der Waals surface area contributed by atoms with Gasteiger partial charge in [0.1, 0.15) is 29.3 Å². The first-order valence-electron chi connectivity index (χ1n) is 12.8. The number of rotatable bonds is 16. The summed E-state index contributed by atoms with van der Waals surface area (Å²) in [4.78, 5) is 49.5. The molecule has 2 aromatic carbocycles. The van der Waals surface area contributed by atoms with Gasteiger partial charge in [0.25, 0.3) is 5.91 Å². The maximum absolute atomic E-state index is 12.9. The highest BCUT2D eigenvalue weighted by atomic mass is 35.5. The maximum Gasteiger partial charge on any atom is 0.326 e. The van der Waals surface area contributed by atoms with Gasteiger partial charge in [-0.2, -0.15) is 0 Å². The van der Waals surface area contributed by atoms with Gasteiger partial charge < -0.3 is 35.2 Å². The maximum atomic E-state index is 12.9. The van der Waals surface area contributed by atoms with Crippen LogP contribution in [0.2, 0.25) is 0 Å². The first-order chi connectivity index (χ1) is 19.4. The molecule has 0 aliphatic heterocycles. The lowest BCUT2D eigenvalue weighted by Gasteiger charge is -2.25. The lowest BCUT2D eigenvalue weighted by Crippen LogP contribution is -2.50. The van der Waals surface area contributed by atoms with E-state index >= 15 is 0 Å². The Bertz CT molecular complexity index is 1230. The van der Waals surface area contributed by atoms with E-state index < -0.39 is 42.3 Å². The average Bonchev–Trinajstić information content (AvgIpc) is 2.92. The highest BCUT2D eigenvalue weighted by Crippen LogP contribution is 2.36. The van der Waals surface area contributed by atoms with Gasteiger partial charge in [0.2, 0.25) is 5.91 Å². The summed E-state index contributed by atoms with van der Waals surface area (Å²) in [5.41, 5.74) is 2.44. The topological polar surface area (TPSA) is 154 Å². The molecule has 4 N–H and O–H groups in total. The summed E-state index contributed by atoms with van der Waals surface area (Å²) in [6, 6.07) is 6.18. The van der Waals surface area contributed by atoms with Crippen LogP contribution in [0.25, 0.3) is 0 Å². The second-order valence-corrected chi connectivity index (χ2v) is 10.0. The molecule has 0 aliphatic rings. The smallest absolute Gasteiger partial charge is 0.326 e. The number of benzene rings is 2. The molecule has 0 heterocycles. The van der Waals surface area contributed by atoms with Crippen LogP contribution in [0.5, 0.6) is 17.2 Å². The number of aryl methyl sites for hydroxylation is 2. The van der Waals surface area contributed by atoms with Crippen LogP contribution in [-0.2, 0) is 14.4 Å². The normalized spacial score (nSPS) is 12.1. The number of carboxylic acid groups (broad SMARTS) is 2. The van der Waals surface area contributed by atoms with Crippen molar-refractivity contribution in [3.8, 4) is 17.2 Å². The fourth-order valence-corrected chi connectivity index (χ4v) is 4.48. The van der Waals surface area contributed by atoms with Crippen molar-refractivity contribution in [2.75, 3.05) is 36.9 Å². The minimum atomic E-state index is -1.39. The first kappa shape index (κ1) is 33.5. The van der Waals surface area contributed by atoms with Crippen LogP contribution in [-0.4, -0.2) is 78.0 Å². The number of alkyl halides is 2. The number of methoxy groups -OCH3 is 1. The summed E-state index contributed by atoms with van der Waals surface area (Å²) in [5.74, 6) is -1.34. The third kappa shape index (κ3) is 9.72. The molecular weight excluding hydrogens is 577 g/mol. The molecule has 0 saturated heterocycles. The van der Waals surface area contributed by atoms with E-state index in [-0.39, 0.29) is 12.0 Å². The van der Waals surface area contributed by atoms with Crippen LogP contribution in [0.3, 0.4) is 0 Å². The highest BCUT2D eigenvalue weighted by Gasteiger charge is 2.25. The van der Waals surface area contributed by atoms with Gasteiger partial charge in [0.05, 0.1) is 12.8 Å². The molecule has 41 heavy (non-hydrogen) atoms. The molecule has 224 valence electrons. The quantitative estimate of drug-likeness (QED) is 0.206. The molecule has 0 aliphatic carbocycles. The Labute approximate surface area is 248 Å². The zero-order valence-corrected chi connectivity index (χ0v) is 24.8. The molecule has 0 bridgehead atoms. The van der Waals surface area contributed by atoms with Crippen molar-refractivity contribution in [1.29, 1.82) is 0 Å². The van der Waals surface area contributed by atoms with Crippen molar-refractivity contribution in [2.45, 2.75) is 45.7 Å². The standard InChI is InChI=1S/C28H35Cl2N3O8/c1-16-13-19(27(37)31-18(3)26(36)32-21(28(38)39)6-8-24(34)35)14-17(2)25(16)41-20-5-7-22(23(15-20)40-4)33(11-9-29)12-10-30/h5,7,13-15,18,21H,6,8-12H2,1-4H3,(H,31,37)(H,32,36)(H,34,35)(H,38,39)/t18-,21-/m0/s1. The average molecular weight is 613 g/mol. The van der Waals surface area contributed by atoms with E-state index in [0.717, 1.165) is 5.69 Å². The van der Waals surface area contributed by atoms with Crippen LogP contribution in [0.4, 0.5) is 5.69 Å². The number of hydrogen-bond acceptors (Lipinski definition) is 7. The van der Waals surface area contributed by atoms with Crippen molar-refractivity contribution in [1.82, 2.24) is 10.6 Å². The van der Waals surface area contributed by atoms with Crippen molar-refractivity contribution < 1.29 is 38.9 Å². The molecule has 2 rings (SSSR count). The third-order valence-corrected chi connectivity index (χ3v) is 6.48. The molecule has 2 atom stereocenters. The summed E-state index contributed by atoms with van der Waals surface area (Å²) in [5, 5.41) is 22.8. The van der Waals surface area contributed by atoms with Crippen LogP contribution in [0.15, 0.2) is 30.3 Å². The highest BCUT2D eigenvalue weighted by molar-refractivity contribution is 6.18. The predicted molar refractivity (Wildman–Crippen MR) is 156 cm³/mol. The van der Waals surface area contributed by atoms with E-state index in [0.29, 0.717) is 53.2 Å². The lowest BCUT2D eigenvalue weighted by atomic mass is 10.0. The molecule has 0 fully saturated rings. The number of nitrogens with zero attached hydrogens (tertiary/aromatic N) is 1. The molecule has 0 radical (unpaired) electrons. The van der Waals surface area contributed by atoms with Crippen LogP contribution >= 0.6 is 23.2 Å². The molecule has 2 aromatic rings. The molecule has 0 unspecified atom stereocenters. The summed E-state index contributed by atoms with van der Waals surface area (Å²) < 4.78 is 11.7. The number of ether oxygens (including phenoxy) is 2. The van der Waals surface area contributed by atoms with Crippen LogP contribution in [0.1, 0.15) is 41.3 Å².